The number of carbonyl (C=O) groups is 2. The molecule has 33 heavy (non-hydrogen) atoms. The molecule has 1 N–H and O–H groups in total. The molecular formula is C28H42O5. The number of hydrogen-bond donors (Lipinski definition) is 1. The van der Waals surface area contributed by atoms with E-state index < -0.39 is 5.97 Å². The highest BCUT2D eigenvalue weighted by Crippen LogP contribution is 2.29. The fourth-order valence-corrected chi connectivity index (χ4v) is 3.55. The molecule has 5 heteroatoms. The van der Waals surface area contributed by atoms with Gasteiger partial charge in [0.25, 0.3) is 0 Å². The van der Waals surface area contributed by atoms with Crippen LogP contribution in [-0.2, 0) is 9.59 Å². The predicted octanol–water partition coefficient (Wildman–Crippen LogP) is 7.74. The summed E-state index contributed by atoms with van der Waals surface area (Å²) in [4.78, 5) is 22.8. The number of carboxylic acids is 1. The summed E-state index contributed by atoms with van der Waals surface area (Å²) >= 11 is 0. The summed E-state index contributed by atoms with van der Waals surface area (Å²) in [5.74, 6) is -0.549. The third-order valence-corrected chi connectivity index (χ3v) is 5.47. The standard InChI is InChI=1S/C28H42O5/c1-3-4-5-6-7-8-9-10-11-12-13-14-15-16-17-18-28(31)33-25-21-19-24(20-22-27(29)30)23-26(25)32-2/h10-11,19-23H,3-9,12-18H2,1-2H3,(H,29,30)/b11-10-,22-20+. The van der Waals surface area contributed by atoms with Crippen LogP contribution in [0.4, 0.5) is 0 Å². The molecular weight excluding hydrogens is 416 g/mol. The Morgan fingerprint density at radius 3 is 2.06 bits per heavy atom. The molecule has 1 aromatic rings. The number of ether oxygens (including phenoxy) is 2. The van der Waals surface area contributed by atoms with Gasteiger partial charge in [-0.05, 0) is 55.9 Å². The van der Waals surface area contributed by atoms with Gasteiger partial charge in [0.1, 0.15) is 0 Å². The molecule has 0 bridgehead atoms. The van der Waals surface area contributed by atoms with Crippen LogP contribution in [0.3, 0.4) is 0 Å². The van der Waals surface area contributed by atoms with Crippen LogP contribution in [0.25, 0.3) is 6.08 Å². The number of hydrogen-bond acceptors (Lipinski definition) is 4. The monoisotopic (exact) mass is 458 g/mol. The van der Waals surface area contributed by atoms with Crippen molar-refractivity contribution in [3.63, 3.8) is 0 Å². The van der Waals surface area contributed by atoms with Gasteiger partial charge in [-0.15, -0.1) is 0 Å². The summed E-state index contributed by atoms with van der Waals surface area (Å²) in [5, 5.41) is 8.72. The summed E-state index contributed by atoms with van der Waals surface area (Å²) < 4.78 is 10.7. The summed E-state index contributed by atoms with van der Waals surface area (Å²) in [6.45, 7) is 2.25. The molecule has 0 fully saturated rings. The number of aliphatic carboxylic acids is 1. The van der Waals surface area contributed by atoms with Crippen molar-refractivity contribution < 1.29 is 24.2 Å². The Balaban J connectivity index is 2.11. The maximum atomic E-state index is 12.1. The molecule has 0 heterocycles. The van der Waals surface area contributed by atoms with Crippen molar-refractivity contribution in [2.24, 2.45) is 0 Å². The van der Waals surface area contributed by atoms with E-state index in [1.54, 1.807) is 18.2 Å². The third-order valence-electron chi connectivity index (χ3n) is 5.47. The van der Waals surface area contributed by atoms with E-state index in [0.717, 1.165) is 31.8 Å². The molecule has 1 aromatic carbocycles. The van der Waals surface area contributed by atoms with Gasteiger partial charge in [0.05, 0.1) is 7.11 Å². The van der Waals surface area contributed by atoms with E-state index in [2.05, 4.69) is 19.1 Å². The SMILES string of the molecule is CCCCCCCC/C=C\CCCCCCCC(=O)Oc1ccc(/C=C/C(=O)O)cc1OC. The lowest BCUT2D eigenvalue weighted by Gasteiger charge is -2.10. The van der Waals surface area contributed by atoms with E-state index in [1.165, 1.54) is 71.0 Å². The van der Waals surface area contributed by atoms with E-state index in [0.29, 0.717) is 23.5 Å². The summed E-state index contributed by atoms with van der Waals surface area (Å²) in [6.07, 6.45) is 23.4. The second-order valence-corrected chi connectivity index (χ2v) is 8.39. The largest absolute Gasteiger partial charge is 0.493 e. The molecule has 0 aromatic heterocycles. The molecule has 0 spiro atoms. The van der Waals surface area contributed by atoms with Gasteiger partial charge >= 0.3 is 11.9 Å². The molecule has 0 aliphatic heterocycles. The van der Waals surface area contributed by atoms with Crippen molar-refractivity contribution in [3.8, 4) is 11.5 Å². The van der Waals surface area contributed by atoms with E-state index >= 15 is 0 Å². The van der Waals surface area contributed by atoms with Gasteiger partial charge in [0.15, 0.2) is 11.5 Å². The van der Waals surface area contributed by atoms with E-state index in [1.807, 2.05) is 0 Å². The van der Waals surface area contributed by atoms with Crippen LogP contribution in [0.2, 0.25) is 0 Å². The molecule has 1 rings (SSSR count). The van der Waals surface area contributed by atoms with Gasteiger partial charge in [0.2, 0.25) is 0 Å². The maximum absolute atomic E-state index is 12.1. The van der Waals surface area contributed by atoms with Crippen LogP contribution in [0.15, 0.2) is 36.4 Å². The normalized spacial score (nSPS) is 11.3. The summed E-state index contributed by atoms with van der Waals surface area (Å²) in [5.41, 5.74) is 0.659. The Bertz CT molecular complexity index is 736. The van der Waals surface area contributed by atoms with Crippen LogP contribution < -0.4 is 9.47 Å². The number of esters is 1. The average molecular weight is 459 g/mol. The number of methoxy groups -OCH3 is 1. The van der Waals surface area contributed by atoms with Gasteiger partial charge in [-0.3, -0.25) is 4.79 Å². The highest BCUT2D eigenvalue weighted by molar-refractivity contribution is 5.85. The van der Waals surface area contributed by atoms with Crippen molar-refractivity contribution in [3.05, 3.63) is 42.0 Å². The highest BCUT2D eigenvalue weighted by Gasteiger charge is 2.10. The Labute approximate surface area is 199 Å². The number of rotatable bonds is 19. The molecule has 5 nitrogen and oxygen atoms in total. The molecule has 0 saturated carbocycles. The number of benzene rings is 1. The second kappa shape index (κ2) is 19.0. The van der Waals surface area contributed by atoms with Crippen molar-refractivity contribution >= 4 is 18.0 Å². The van der Waals surface area contributed by atoms with Crippen LogP contribution in [0.5, 0.6) is 11.5 Å². The molecule has 0 atom stereocenters. The van der Waals surface area contributed by atoms with Crippen molar-refractivity contribution in [2.75, 3.05) is 7.11 Å². The first-order chi connectivity index (χ1) is 16.1. The summed E-state index contributed by atoms with van der Waals surface area (Å²) in [7, 11) is 1.49. The molecule has 184 valence electrons. The fourth-order valence-electron chi connectivity index (χ4n) is 3.55. The number of allylic oxidation sites excluding steroid dienone is 2. The molecule has 0 aliphatic carbocycles. The van der Waals surface area contributed by atoms with Gasteiger partial charge < -0.3 is 14.6 Å². The van der Waals surface area contributed by atoms with Crippen molar-refractivity contribution in [1.82, 2.24) is 0 Å². The highest BCUT2D eigenvalue weighted by atomic mass is 16.6. The average Bonchev–Trinajstić information content (AvgIpc) is 2.80. The van der Waals surface area contributed by atoms with Crippen LogP contribution in [-0.4, -0.2) is 24.2 Å². The number of unbranched alkanes of at least 4 members (excludes halogenated alkanes) is 11. The minimum absolute atomic E-state index is 0.278. The molecule has 0 unspecified atom stereocenters. The minimum Gasteiger partial charge on any atom is -0.493 e. The quantitative estimate of drug-likeness (QED) is 0.0754. The van der Waals surface area contributed by atoms with Crippen molar-refractivity contribution in [2.45, 2.75) is 96.8 Å². The minimum atomic E-state index is -1.02. The van der Waals surface area contributed by atoms with Gasteiger partial charge in [-0.2, -0.15) is 0 Å². The van der Waals surface area contributed by atoms with Crippen molar-refractivity contribution in [1.29, 1.82) is 0 Å². The topological polar surface area (TPSA) is 72.8 Å². The fraction of sp³-hybridized carbons (Fsp3) is 0.571. The smallest absolute Gasteiger partial charge is 0.328 e. The zero-order valence-electron chi connectivity index (χ0n) is 20.5. The third kappa shape index (κ3) is 15.0. The number of carbonyl (C=O) groups excluding carboxylic acids is 1. The molecule has 0 radical (unpaired) electrons. The van der Waals surface area contributed by atoms with E-state index in [9.17, 15) is 9.59 Å². The lowest BCUT2D eigenvalue weighted by molar-refractivity contribution is -0.134. The second-order valence-electron chi connectivity index (χ2n) is 8.39. The van der Waals surface area contributed by atoms with E-state index in [4.69, 9.17) is 14.6 Å². The Morgan fingerprint density at radius 2 is 1.45 bits per heavy atom. The van der Waals surface area contributed by atoms with E-state index in [-0.39, 0.29) is 5.97 Å². The Morgan fingerprint density at radius 1 is 0.848 bits per heavy atom. The lowest BCUT2D eigenvalue weighted by Crippen LogP contribution is -2.08. The zero-order chi connectivity index (χ0) is 24.2. The first kappa shape index (κ1) is 28.5. The molecule has 0 saturated heterocycles. The van der Waals surface area contributed by atoms with Crippen LogP contribution >= 0.6 is 0 Å². The Kier molecular flexibility index (Phi) is 16.4. The first-order valence-electron chi connectivity index (χ1n) is 12.5. The zero-order valence-corrected chi connectivity index (χ0v) is 20.5. The van der Waals surface area contributed by atoms with Crippen LogP contribution in [0, 0.1) is 0 Å². The Hall–Kier alpha value is -2.56. The predicted molar refractivity (Wildman–Crippen MR) is 135 cm³/mol. The first-order valence-corrected chi connectivity index (χ1v) is 12.5. The number of carboxylic acid groups (broad SMARTS) is 1. The molecule has 0 amide bonds. The van der Waals surface area contributed by atoms with Gasteiger partial charge in [0, 0.05) is 12.5 Å². The van der Waals surface area contributed by atoms with Crippen LogP contribution in [0.1, 0.15) is 102 Å². The van der Waals surface area contributed by atoms with Gasteiger partial charge in [-0.1, -0.05) is 76.5 Å². The maximum Gasteiger partial charge on any atom is 0.328 e. The van der Waals surface area contributed by atoms with Gasteiger partial charge in [-0.25, -0.2) is 4.79 Å². The summed E-state index contributed by atoms with van der Waals surface area (Å²) in [6, 6.07) is 4.95. The lowest BCUT2D eigenvalue weighted by atomic mass is 10.1. The molecule has 0 aliphatic rings.